The molecule has 20 heavy (non-hydrogen) atoms. The second-order valence-corrected chi connectivity index (χ2v) is 5.03. The van der Waals surface area contributed by atoms with Gasteiger partial charge in [-0.25, -0.2) is 4.98 Å². The number of carbonyl (C=O) groups is 1. The van der Waals surface area contributed by atoms with E-state index >= 15 is 0 Å². The molecular formula is C16H17N3O. The number of pyridine rings is 1. The zero-order chi connectivity index (χ0) is 13.9. The number of hydrogen-bond acceptors (Lipinski definition) is 3. The Hall–Kier alpha value is -2.20. The van der Waals surface area contributed by atoms with Gasteiger partial charge in [-0.15, -0.1) is 0 Å². The lowest BCUT2D eigenvalue weighted by Crippen LogP contribution is -2.24. The number of nitrogens with zero attached hydrogens (tertiary/aromatic N) is 1. The lowest BCUT2D eigenvalue weighted by Gasteiger charge is -2.17. The Morgan fingerprint density at radius 1 is 1.25 bits per heavy atom. The Kier molecular flexibility index (Phi) is 3.48. The molecule has 0 atom stereocenters. The first-order valence-corrected chi connectivity index (χ1v) is 6.80. The minimum absolute atomic E-state index is 0.114. The quantitative estimate of drug-likeness (QED) is 0.877. The highest BCUT2D eigenvalue weighted by Gasteiger charge is 2.12. The predicted molar refractivity (Wildman–Crippen MR) is 78.8 cm³/mol. The molecule has 4 heteroatoms. The zero-order valence-corrected chi connectivity index (χ0v) is 11.4. The molecule has 0 aliphatic carbocycles. The molecule has 1 aliphatic heterocycles. The molecule has 0 radical (unpaired) electrons. The van der Waals surface area contributed by atoms with Crippen LogP contribution in [0.5, 0.6) is 0 Å². The molecule has 1 aromatic carbocycles. The van der Waals surface area contributed by atoms with Gasteiger partial charge in [0.05, 0.1) is 0 Å². The summed E-state index contributed by atoms with van der Waals surface area (Å²) in [5.74, 6) is 0.474. The van der Waals surface area contributed by atoms with Gasteiger partial charge in [0, 0.05) is 17.8 Å². The van der Waals surface area contributed by atoms with Crippen molar-refractivity contribution in [2.75, 3.05) is 11.9 Å². The zero-order valence-electron chi connectivity index (χ0n) is 11.4. The number of benzene rings is 1. The van der Waals surface area contributed by atoms with Crippen molar-refractivity contribution in [2.24, 2.45) is 0 Å². The van der Waals surface area contributed by atoms with Crippen molar-refractivity contribution in [3.8, 4) is 0 Å². The van der Waals surface area contributed by atoms with Gasteiger partial charge >= 0.3 is 0 Å². The van der Waals surface area contributed by atoms with Crippen molar-refractivity contribution in [2.45, 2.75) is 19.9 Å². The minimum atomic E-state index is -0.114. The number of hydrogen-bond donors (Lipinski definition) is 2. The summed E-state index contributed by atoms with van der Waals surface area (Å²) in [6, 6.07) is 11.5. The SMILES string of the molecule is Cc1cccc(NC(=O)c2ccc3c(c2)CNCC3)n1. The van der Waals surface area contributed by atoms with Gasteiger partial charge in [0.1, 0.15) is 5.82 Å². The minimum Gasteiger partial charge on any atom is -0.312 e. The highest BCUT2D eigenvalue weighted by Crippen LogP contribution is 2.17. The number of aryl methyl sites for hydroxylation is 1. The molecule has 0 saturated heterocycles. The standard InChI is InChI=1S/C16H17N3O/c1-11-3-2-4-15(18-11)19-16(20)13-6-5-12-7-8-17-10-14(12)9-13/h2-6,9,17H,7-8,10H2,1H3,(H,18,19,20). The molecular weight excluding hydrogens is 250 g/mol. The molecule has 2 N–H and O–H groups in total. The fourth-order valence-corrected chi connectivity index (χ4v) is 2.42. The van der Waals surface area contributed by atoms with Crippen LogP contribution in [-0.2, 0) is 13.0 Å². The van der Waals surface area contributed by atoms with E-state index in [9.17, 15) is 4.79 Å². The van der Waals surface area contributed by atoms with Crippen LogP contribution in [0.25, 0.3) is 0 Å². The van der Waals surface area contributed by atoms with Gasteiger partial charge in [-0.2, -0.15) is 0 Å². The van der Waals surface area contributed by atoms with Gasteiger partial charge in [-0.1, -0.05) is 12.1 Å². The molecule has 4 nitrogen and oxygen atoms in total. The summed E-state index contributed by atoms with van der Waals surface area (Å²) in [6.45, 7) is 3.74. The number of aromatic nitrogens is 1. The molecule has 0 fully saturated rings. The van der Waals surface area contributed by atoms with Crippen LogP contribution in [0.4, 0.5) is 5.82 Å². The van der Waals surface area contributed by atoms with Gasteiger partial charge < -0.3 is 10.6 Å². The van der Waals surface area contributed by atoms with Gasteiger partial charge in [-0.3, -0.25) is 4.79 Å². The topological polar surface area (TPSA) is 54.0 Å². The Morgan fingerprint density at radius 2 is 2.15 bits per heavy atom. The third-order valence-electron chi connectivity index (χ3n) is 3.48. The molecule has 1 amide bonds. The number of fused-ring (bicyclic) bond motifs is 1. The summed E-state index contributed by atoms with van der Waals surface area (Å²) in [4.78, 5) is 16.5. The van der Waals surface area contributed by atoms with Crippen molar-refractivity contribution >= 4 is 11.7 Å². The highest BCUT2D eigenvalue weighted by atomic mass is 16.1. The first-order valence-electron chi connectivity index (χ1n) is 6.80. The molecule has 1 aromatic heterocycles. The average molecular weight is 267 g/mol. The molecule has 3 rings (SSSR count). The van der Waals surface area contributed by atoms with Crippen LogP contribution in [0.3, 0.4) is 0 Å². The van der Waals surface area contributed by atoms with Crippen LogP contribution in [0, 0.1) is 6.92 Å². The van der Waals surface area contributed by atoms with E-state index in [-0.39, 0.29) is 5.91 Å². The average Bonchev–Trinajstić information content (AvgIpc) is 2.47. The van der Waals surface area contributed by atoms with Crippen molar-refractivity contribution in [3.63, 3.8) is 0 Å². The Morgan fingerprint density at radius 3 is 3.00 bits per heavy atom. The van der Waals surface area contributed by atoms with Crippen LogP contribution in [0.2, 0.25) is 0 Å². The number of anilines is 1. The molecule has 2 heterocycles. The first-order chi connectivity index (χ1) is 9.72. The summed E-state index contributed by atoms with van der Waals surface area (Å²) in [5.41, 5.74) is 4.10. The summed E-state index contributed by atoms with van der Waals surface area (Å²) in [7, 11) is 0. The van der Waals surface area contributed by atoms with E-state index in [0.29, 0.717) is 11.4 Å². The lowest BCUT2D eigenvalue weighted by molar-refractivity contribution is 0.102. The van der Waals surface area contributed by atoms with E-state index in [1.165, 1.54) is 11.1 Å². The van der Waals surface area contributed by atoms with Crippen LogP contribution in [-0.4, -0.2) is 17.4 Å². The smallest absolute Gasteiger partial charge is 0.256 e. The summed E-state index contributed by atoms with van der Waals surface area (Å²) >= 11 is 0. The van der Waals surface area contributed by atoms with Gasteiger partial charge in [-0.05, 0) is 55.3 Å². The van der Waals surface area contributed by atoms with Gasteiger partial charge in [0.25, 0.3) is 5.91 Å². The Balaban J connectivity index is 1.80. The number of nitrogens with one attached hydrogen (secondary N) is 2. The lowest BCUT2D eigenvalue weighted by atomic mass is 9.98. The largest absolute Gasteiger partial charge is 0.312 e. The maximum Gasteiger partial charge on any atom is 0.256 e. The van der Waals surface area contributed by atoms with Crippen LogP contribution in [0.1, 0.15) is 27.2 Å². The van der Waals surface area contributed by atoms with E-state index in [2.05, 4.69) is 21.7 Å². The first kappa shape index (κ1) is 12.8. The van der Waals surface area contributed by atoms with E-state index in [4.69, 9.17) is 0 Å². The van der Waals surface area contributed by atoms with Crippen molar-refractivity contribution in [3.05, 3.63) is 58.8 Å². The number of rotatable bonds is 2. The summed E-state index contributed by atoms with van der Waals surface area (Å²) in [5, 5.41) is 6.16. The van der Waals surface area contributed by atoms with E-state index < -0.39 is 0 Å². The van der Waals surface area contributed by atoms with Crippen molar-refractivity contribution in [1.29, 1.82) is 0 Å². The second-order valence-electron chi connectivity index (χ2n) is 5.03. The molecule has 0 unspecified atom stereocenters. The van der Waals surface area contributed by atoms with Crippen molar-refractivity contribution in [1.82, 2.24) is 10.3 Å². The Labute approximate surface area is 118 Å². The van der Waals surface area contributed by atoms with E-state index in [1.807, 2.05) is 31.2 Å². The van der Waals surface area contributed by atoms with E-state index in [0.717, 1.165) is 25.2 Å². The number of amides is 1. The normalized spacial score (nSPS) is 13.7. The van der Waals surface area contributed by atoms with Crippen LogP contribution in [0.15, 0.2) is 36.4 Å². The molecule has 102 valence electrons. The highest BCUT2D eigenvalue weighted by molar-refractivity contribution is 6.03. The maximum atomic E-state index is 12.2. The molecule has 0 saturated carbocycles. The van der Waals surface area contributed by atoms with Gasteiger partial charge in [0.2, 0.25) is 0 Å². The maximum absolute atomic E-state index is 12.2. The fraction of sp³-hybridized carbons (Fsp3) is 0.250. The third-order valence-corrected chi connectivity index (χ3v) is 3.48. The van der Waals surface area contributed by atoms with Crippen LogP contribution < -0.4 is 10.6 Å². The molecule has 0 bridgehead atoms. The molecule has 2 aromatic rings. The second kappa shape index (κ2) is 5.43. The van der Waals surface area contributed by atoms with Crippen molar-refractivity contribution < 1.29 is 4.79 Å². The molecule has 1 aliphatic rings. The van der Waals surface area contributed by atoms with E-state index in [1.54, 1.807) is 6.07 Å². The summed E-state index contributed by atoms with van der Waals surface area (Å²) < 4.78 is 0. The number of carbonyl (C=O) groups excluding carboxylic acids is 1. The monoisotopic (exact) mass is 267 g/mol. The van der Waals surface area contributed by atoms with Crippen LogP contribution >= 0.6 is 0 Å². The molecule has 0 spiro atoms. The fourth-order valence-electron chi connectivity index (χ4n) is 2.42. The third kappa shape index (κ3) is 2.70. The summed E-state index contributed by atoms with van der Waals surface area (Å²) in [6.07, 6.45) is 1.02. The predicted octanol–water partition coefficient (Wildman–Crippen LogP) is 2.29. The van der Waals surface area contributed by atoms with Gasteiger partial charge in [0.15, 0.2) is 0 Å². The Bertz CT molecular complexity index is 652.